The molecule has 256 valence electrons. The number of fused-ring (bicyclic) bond motifs is 1. The van der Waals surface area contributed by atoms with Crippen molar-refractivity contribution in [2.24, 2.45) is 5.92 Å². The van der Waals surface area contributed by atoms with Crippen LogP contribution in [0.1, 0.15) is 58.2 Å². The van der Waals surface area contributed by atoms with E-state index in [-0.39, 0.29) is 30.1 Å². The molecule has 0 bridgehead atoms. The minimum absolute atomic E-state index is 0.0274. The first-order valence-corrected chi connectivity index (χ1v) is 16.8. The molecule has 3 atom stereocenters. The number of hydrogen-bond donors (Lipinski definition) is 0. The summed E-state index contributed by atoms with van der Waals surface area (Å²) in [4.78, 5) is 31.6. The van der Waals surface area contributed by atoms with Crippen LogP contribution in [0.3, 0.4) is 0 Å². The summed E-state index contributed by atoms with van der Waals surface area (Å²) in [6, 6.07) is 20.2. The maximum absolute atomic E-state index is 13.2. The Balaban J connectivity index is 1.16. The topological polar surface area (TPSA) is 113 Å². The van der Waals surface area contributed by atoms with Crippen LogP contribution in [-0.2, 0) is 9.53 Å². The van der Waals surface area contributed by atoms with Crippen molar-refractivity contribution < 1.29 is 23.8 Å². The van der Waals surface area contributed by atoms with Crippen LogP contribution in [0.4, 0.5) is 10.5 Å². The average Bonchev–Trinajstić information content (AvgIpc) is 3.71. The van der Waals surface area contributed by atoms with E-state index in [9.17, 15) is 14.9 Å². The molecule has 2 fully saturated rings. The number of carbonyl (C=O) groups is 2. The monoisotopic (exact) mass is 664 g/mol. The molecule has 0 radical (unpaired) electrons. The van der Waals surface area contributed by atoms with E-state index in [2.05, 4.69) is 40.3 Å². The first kappa shape index (κ1) is 33.7. The van der Waals surface area contributed by atoms with Crippen molar-refractivity contribution in [2.75, 3.05) is 44.7 Å². The predicted molar refractivity (Wildman–Crippen MR) is 187 cm³/mol. The molecule has 2 saturated heterocycles. The van der Waals surface area contributed by atoms with Crippen LogP contribution >= 0.6 is 0 Å². The van der Waals surface area contributed by atoms with Gasteiger partial charge in [-0.1, -0.05) is 24.3 Å². The number of anilines is 1. The second kappa shape index (κ2) is 13.7. The maximum atomic E-state index is 13.2. The number of amides is 2. The highest BCUT2D eigenvalue weighted by Crippen LogP contribution is 2.35. The Morgan fingerprint density at radius 2 is 1.69 bits per heavy atom. The number of nitriles is 1. The van der Waals surface area contributed by atoms with Gasteiger partial charge in [0.15, 0.2) is 0 Å². The quantitative estimate of drug-likeness (QED) is 0.215. The molecule has 1 unspecified atom stereocenters. The lowest BCUT2D eigenvalue weighted by atomic mass is 10.0. The number of benzene rings is 2. The fraction of sp³-hybridized carbons (Fsp3) is 0.421. The van der Waals surface area contributed by atoms with Gasteiger partial charge in [-0.25, -0.2) is 9.31 Å². The molecule has 2 aromatic carbocycles. The summed E-state index contributed by atoms with van der Waals surface area (Å²) in [7, 11) is 1.64. The van der Waals surface area contributed by atoms with E-state index in [1.54, 1.807) is 22.7 Å². The molecule has 0 saturated carbocycles. The second-order valence-electron chi connectivity index (χ2n) is 13.8. The highest BCUT2D eigenvalue weighted by atomic mass is 16.6. The number of pyridine rings is 1. The second-order valence-corrected chi connectivity index (χ2v) is 13.8. The number of ether oxygens (including phenoxy) is 3. The van der Waals surface area contributed by atoms with Crippen molar-refractivity contribution in [1.82, 2.24) is 19.4 Å². The van der Waals surface area contributed by atoms with Gasteiger partial charge in [0.2, 0.25) is 5.91 Å². The van der Waals surface area contributed by atoms with Crippen LogP contribution in [-0.4, -0.2) is 83.0 Å². The number of carbonyl (C=O) groups excluding carboxylic acids is 2. The maximum Gasteiger partial charge on any atom is 0.410 e. The van der Waals surface area contributed by atoms with E-state index in [1.165, 1.54) is 0 Å². The van der Waals surface area contributed by atoms with Crippen LogP contribution in [0.5, 0.6) is 11.5 Å². The van der Waals surface area contributed by atoms with Crippen molar-refractivity contribution in [3.63, 3.8) is 0 Å². The Hall–Kier alpha value is -5.24. The van der Waals surface area contributed by atoms with Crippen molar-refractivity contribution in [2.45, 2.75) is 58.8 Å². The highest BCUT2D eigenvalue weighted by Gasteiger charge is 2.37. The van der Waals surface area contributed by atoms with Gasteiger partial charge < -0.3 is 28.9 Å². The van der Waals surface area contributed by atoms with E-state index >= 15 is 0 Å². The molecular formula is C38H44N6O5. The minimum Gasteiger partial charge on any atom is -0.497 e. The molecule has 11 nitrogen and oxygen atoms in total. The van der Waals surface area contributed by atoms with Gasteiger partial charge in [-0.2, -0.15) is 10.4 Å². The zero-order valence-electron chi connectivity index (χ0n) is 29.1. The van der Waals surface area contributed by atoms with Crippen molar-refractivity contribution in [3.8, 4) is 28.7 Å². The third kappa shape index (κ3) is 7.28. The number of rotatable bonds is 8. The number of hydrogen-bond acceptors (Lipinski definition) is 8. The van der Waals surface area contributed by atoms with E-state index in [0.717, 1.165) is 28.1 Å². The fourth-order valence-corrected chi connectivity index (χ4v) is 6.56. The van der Waals surface area contributed by atoms with Gasteiger partial charge in [-0.15, -0.1) is 0 Å². The van der Waals surface area contributed by atoms with E-state index in [4.69, 9.17) is 14.2 Å². The highest BCUT2D eigenvalue weighted by molar-refractivity contribution is 5.79. The van der Waals surface area contributed by atoms with Gasteiger partial charge in [0.25, 0.3) is 0 Å². The molecule has 4 heterocycles. The van der Waals surface area contributed by atoms with Crippen LogP contribution in [0.25, 0.3) is 16.6 Å². The normalized spacial score (nSPS) is 17.9. The number of methoxy groups -OCH3 is 1. The zero-order valence-corrected chi connectivity index (χ0v) is 29.1. The first-order valence-electron chi connectivity index (χ1n) is 16.8. The molecule has 2 aliphatic heterocycles. The Labute approximate surface area is 287 Å². The number of nitrogens with zero attached hydrogens (tertiary/aromatic N) is 6. The standard InChI is InChI=1S/C38H44N6O5/c1-25(27-9-13-33(47-6)14-10-27)43-23-29(20-35(43)45)26(2)48-34-19-30(24-44-36(34)31(21-39)22-40-44)28-7-11-32(12-8-28)41-15-17-42(18-16-41)37(46)49-38(3,4)5/h7-14,19,22,24-26,29H,15-18,20,23H2,1-6H3/t25-,26-,29?/m1/s1. The Kier molecular flexibility index (Phi) is 9.41. The summed E-state index contributed by atoms with van der Waals surface area (Å²) in [5.74, 6) is 1.40. The molecule has 2 amide bonds. The SMILES string of the molecule is COc1ccc([C@@H](C)N2CC([C@@H](C)Oc3cc(-c4ccc(N5CCN(C(=O)OC(C)(C)C)CC5)cc4)cn4ncc(C#N)c34)CC2=O)cc1. The van der Waals surface area contributed by atoms with Gasteiger partial charge in [-0.05, 0) is 76.1 Å². The van der Waals surface area contributed by atoms with Gasteiger partial charge in [0.05, 0.1) is 19.3 Å². The summed E-state index contributed by atoms with van der Waals surface area (Å²) in [6.07, 6.45) is 3.27. The molecule has 0 N–H and O–H groups in total. The fourth-order valence-electron chi connectivity index (χ4n) is 6.56. The summed E-state index contributed by atoms with van der Waals surface area (Å²) < 4.78 is 19.1. The molecule has 0 aliphatic carbocycles. The molecule has 0 spiro atoms. The Morgan fingerprint density at radius 3 is 2.33 bits per heavy atom. The lowest BCUT2D eigenvalue weighted by molar-refractivity contribution is -0.129. The summed E-state index contributed by atoms with van der Waals surface area (Å²) in [6.45, 7) is 12.8. The summed E-state index contributed by atoms with van der Waals surface area (Å²) in [5, 5.41) is 14.3. The lowest BCUT2D eigenvalue weighted by Gasteiger charge is -2.36. The molecule has 11 heteroatoms. The molecule has 2 aromatic heterocycles. The Morgan fingerprint density at radius 1 is 1.00 bits per heavy atom. The first-order chi connectivity index (χ1) is 23.4. The van der Waals surface area contributed by atoms with Gasteiger partial charge in [0.1, 0.15) is 40.4 Å². The third-order valence-corrected chi connectivity index (χ3v) is 9.43. The van der Waals surface area contributed by atoms with E-state index < -0.39 is 5.60 Å². The molecule has 6 rings (SSSR count). The van der Waals surface area contributed by atoms with Gasteiger partial charge >= 0.3 is 6.09 Å². The van der Waals surface area contributed by atoms with E-state index in [0.29, 0.717) is 56.0 Å². The van der Waals surface area contributed by atoms with Gasteiger partial charge in [-0.3, -0.25) is 4.79 Å². The average molecular weight is 665 g/mol. The van der Waals surface area contributed by atoms with Crippen molar-refractivity contribution >= 4 is 23.2 Å². The van der Waals surface area contributed by atoms with Crippen LogP contribution in [0.15, 0.2) is 67.0 Å². The zero-order chi connectivity index (χ0) is 34.9. The predicted octanol–water partition coefficient (Wildman–Crippen LogP) is 6.32. The summed E-state index contributed by atoms with van der Waals surface area (Å²) in [5.41, 5.74) is 4.49. The van der Waals surface area contributed by atoms with Crippen LogP contribution in [0, 0.1) is 17.2 Å². The molecule has 2 aliphatic rings. The number of aromatic nitrogens is 2. The largest absolute Gasteiger partial charge is 0.497 e. The summed E-state index contributed by atoms with van der Waals surface area (Å²) >= 11 is 0. The van der Waals surface area contributed by atoms with Crippen LogP contribution < -0.4 is 14.4 Å². The minimum atomic E-state index is -0.518. The Bertz CT molecular complexity index is 1850. The smallest absolute Gasteiger partial charge is 0.410 e. The van der Waals surface area contributed by atoms with Crippen molar-refractivity contribution in [1.29, 1.82) is 5.26 Å². The van der Waals surface area contributed by atoms with E-state index in [1.807, 2.05) is 76.0 Å². The van der Waals surface area contributed by atoms with Crippen molar-refractivity contribution in [3.05, 3.63) is 78.1 Å². The molecule has 49 heavy (non-hydrogen) atoms. The molecule has 4 aromatic rings. The number of piperazine rings is 1. The van der Waals surface area contributed by atoms with Gasteiger partial charge in [0, 0.05) is 62.5 Å². The molecular weight excluding hydrogens is 620 g/mol. The third-order valence-electron chi connectivity index (χ3n) is 9.43. The van der Waals surface area contributed by atoms with Crippen LogP contribution in [0.2, 0.25) is 0 Å². The lowest BCUT2D eigenvalue weighted by Crippen LogP contribution is -2.50. The number of likely N-dealkylation sites (tertiary alicyclic amines) is 1.